The van der Waals surface area contributed by atoms with Gasteiger partial charge in [-0.15, -0.1) is 0 Å². The summed E-state index contributed by atoms with van der Waals surface area (Å²) in [6.07, 6.45) is 1.56. The van der Waals surface area contributed by atoms with E-state index in [4.69, 9.17) is 5.73 Å². The van der Waals surface area contributed by atoms with E-state index in [1.54, 1.807) is 24.0 Å². The smallest absolute Gasteiger partial charge is 0.257 e. The maximum Gasteiger partial charge on any atom is 0.257 e. The number of likely N-dealkylation sites (tertiary alicyclic amines) is 1. The van der Waals surface area contributed by atoms with Gasteiger partial charge in [-0.25, -0.2) is 4.39 Å². The maximum atomic E-state index is 13.8. The van der Waals surface area contributed by atoms with E-state index in [9.17, 15) is 9.18 Å². The minimum absolute atomic E-state index is 0.0713. The molecule has 1 fully saturated rings. The lowest BCUT2D eigenvalue weighted by atomic mass is 9.98. The molecule has 4 heteroatoms. The van der Waals surface area contributed by atoms with Crippen molar-refractivity contribution >= 4 is 5.91 Å². The summed E-state index contributed by atoms with van der Waals surface area (Å²) in [5.74, 6) is -0.672. The predicted octanol–water partition coefficient (Wildman–Crippen LogP) is 2.09. The largest absolute Gasteiger partial charge is 0.336 e. The highest BCUT2D eigenvalue weighted by molar-refractivity contribution is 5.94. The number of halogens is 1. The summed E-state index contributed by atoms with van der Waals surface area (Å²) in [7, 11) is 0. The summed E-state index contributed by atoms with van der Waals surface area (Å²) in [6.45, 7) is 4.37. The highest BCUT2D eigenvalue weighted by Crippen LogP contribution is 2.20. The molecule has 0 spiro atoms. The number of amides is 1. The van der Waals surface area contributed by atoms with Crippen molar-refractivity contribution in [3.8, 4) is 0 Å². The Kier molecular flexibility index (Phi) is 3.66. The molecule has 1 aliphatic heterocycles. The number of carbonyl (C=O) groups excluding carboxylic acids is 1. The van der Waals surface area contributed by atoms with Crippen LogP contribution in [0, 0.1) is 12.7 Å². The van der Waals surface area contributed by atoms with Crippen LogP contribution in [-0.4, -0.2) is 29.4 Å². The quantitative estimate of drug-likeness (QED) is 0.829. The molecule has 0 radical (unpaired) electrons. The summed E-state index contributed by atoms with van der Waals surface area (Å²) < 4.78 is 13.8. The molecule has 2 unspecified atom stereocenters. The van der Waals surface area contributed by atoms with Crippen LogP contribution >= 0.6 is 0 Å². The highest BCUT2D eigenvalue weighted by Gasteiger charge is 2.28. The van der Waals surface area contributed by atoms with Crippen molar-refractivity contribution in [3.63, 3.8) is 0 Å². The summed E-state index contributed by atoms with van der Waals surface area (Å²) >= 11 is 0. The maximum absolute atomic E-state index is 13.8. The second-order valence-electron chi connectivity index (χ2n) is 5.12. The van der Waals surface area contributed by atoms with Gasteiger partial charge in [-0.1, -0.05) is 6.07 Å². The van der Waals surface area contributed by atoms with Gasteiger partial charge < -0.3 is 10.6 Å². The Balaban J connectivity index is 2.20. The number of nitrogens with two attached hydrogens (primary N) is 1. The lowest BCUT2D eigenvalue weighted by molar-refractivity contribution is 0.0614. The molecule has 1 saturated heterocycles. The van der Waals surface area contributed by atoms with Crippen LogP contribution in [0.4, 0.5) is 4.39 Å². The van der Waals surface area contributed by atoms with Crippen LogP contribution in [0.5, 0.6) is 0 Å². The molecule has 2 rings (SSSR count). The molecule has 0 aromatic heterocycles. The van der Waals surface area contributed by atoms with E-state index in [-0.39, 0.29) is 23.6 Å². The third-order valence-corrected chi connectivity index (χ3v) is 3.53. The van der Waals surface area contributed by atoms with E-state index in [1.165, 1.54) is 6.07 Å². The predicted molar refractivity (Wildman–Crippen MR) is 68.8 cm³/mol. The Morgan fingerprint density at radius 3 is 2.83 bits per heavy atom. The normalized spacial score (nSPS) is 24.1. The van der Waals surface area contributed by atoms with E-state index in [0.29, 0.717) is 6.54 Å². The number of aryl methyl sites for hydroxylation is 1. The van der Waals surface area contributed by atoms with E-state index >= 15 is 0 Å². The Bertz CT molecular complexity index is 461. The van der Waals surface area contributed by atoms with Crippen LogP contribution < -0.4 is 5.73 Å². The second kappa shape index (κ2) is 5.06. The molecule has 18 heavy (non-hydrogen) atoms. The molecule has 0 saturated carbocycles. The first kappa shape index (κ1) is 13.0. The zero-order valence-corrected chi connectivity index (χ0v) is 10.8. The zero-order valence-electron chi connectivity index (χ0n) is 10.8. The van der Waals surface area contributed by atoms with Gasteiger partial charge in [0.25, 0.3) is 5.91 Å². The number of piperidine rings is 1. The Morgan fingerprint density at radius 1 is 1.50 bits per heavy atom. The van der Waals surface area contributed by atoms with E-state index in [1.807, 2.05) is 6.92 Å². The first-order chi connectivity index (χ1) is 8.49. The van der Waals surface area contributed by atoms with Crippen LogP contribution in [0.1, 0.15) is 35.7 Å². The van der Waals surface area contributed by atoms with E-state index in [0.717, 1.165) is 18.4 Å². The number of hydrogen-bond donors (Lipinski definition) is 1. The zero-order chi connectivity index (χ0) is 13.3. The van der Waals surface area contributed by atoms with E-state index in [2.05, 4.69) is 0 Å². The molecule has 1 aromatic rings. The third kappa shape index (κ3) is 2.53. The fourth-order valence-electron chi connectivity index (χ4n) is 2.46. The highest BCUT2D eigenvalue weighted by atomic mass is 19.1. The van der Waals surface area contributed by atoms with Gasteiger partial charge in [0.1, 0.15) is 5.82 Å². The fraction of sp³-hybridized carbons (Fsp3) is 0.500. The molecule has 1 heterocycles. The molecule has 1 aromatic carbocycles. The van der Waals surface area contributed by atoms with Gasteiger partial charge in [-0.3, -0.25) is 4.79 Å². The minimum atomic E-state index is -0.443. The second-order valence-corrected chi connectivity index (χ2v) is 5.12. The third-order valence-electron chi connectivity index (χ3n) is 3.53. The summed E-state index contributed by atoms with van der Waals surface area (Å²) in [5, 5.41) is 0. The molecule has 98 valence electrons. The molecular weight excluding hydrogens is 231 g/mol. The van der Waals surface area contributed by atoms with Gasteiger partial charge in [-0.05, 0) is 44.4 Å². The Labute approximate surface area is 107 Å². The van der Waals surface area contributed by atoms with Crippen molar-refractivity contribution < 1.29 is 9.18 Å². The lowest BCUT2D eigenvalue weighted by Gasteiger charge is -2.36. The SMILES string of the molecule is Cc1ccc(C(=O)N2CCC(N)CC2C)c(F)c1. The first-order valence-corrected chi connectivity index (χ1v) is 6.31. The van der Waals surface area contributed by atoms with Crippen LogP contribution in [-0.2, 0) is 0 Å². The molecule has 2 N–H and O–H groups in total. The fourth-order valence-corrected chi connectivity index (χ4v) is 2.46. The molecule has 0 aliphatic carbocycles. The Morgan fingerprint density at radius 2 is 2.22 bits per heavy atom. The Hall–Kier alpha value is -1.42. The van der Waals surface area contributed by atoms with Crippen molar-refractivity contribution in [1.29, 1.82) is 0 Å². The molecule has 1 aliphatic rings. The van der Waals surface area contributed by atoms with Gasteiger partial charge in [0.2, 0.25) is 0 Å². The molecular formula is C14H19FN2O. The van der Waals surface area contributed by atoms with Gasteiger partial charge in [0, 0.05) is 18.6 Å². The van der Waals surface area contributed by atoms with Gasteiger partial charge >= 0.3 is 0 Å². The number of carbonyl (C=O) groups is 1. The standard InChI is InChI=1S/C14H19FN2O/c1-9-3-4-12(13(15)7-9)14(18)17-6-5-11(16)8-10(17)2/h3-4,7,10-11H,5-6,8,16H2,1-2H3. The number of benzene rings is 1. The van der Waals surface area contributed by atoms with Crippen LogP contribution in [0.3, 0.4) is 0 Å². The van der Waals surface area contributed by atoms with E-state index < -0.39 is 5.82 Å². The topological polar surface area (TPSA) is 46.3 Å². The summed E-state index contributed by atoms with van der Waals surface area (Å²) in [5.41, 5.74) is 6.84. The first-order valence-electron chi connectivity index (χ1n) is 6.31. The van der Waals surface area contributed by atoms with Gasteiger partial charge in [-0.2, -0.15) is 0 Å². The number of nitrogens with zero attached hydrogens (tertiary/aromatic N) is 1. The molecule has 1 amide bonds. The van der Waals surface area contributed by atoms with Crippen LogP contribution in [0.2, 0.25) is 0 Å². The number of hydrogen-bond acceptors (Lipinski definition) is 2. The number of rotatable bonds is 1. The van der Waals surface area contributed by atoms with Crippen LogP contribution in [0.15, 0.2) is 18.2 Å². The van der Waals surface area contributed by atoms with Crippen molar-refractivity contribution in [1.82, 2.24) is 4.90 Å². The molecule has 2 atom stereocenters. The summed E-state index contributed by atoms with van der Waals surface area (Å²) in [4.78, 5) is 14.0. The molecule has 0 bridgehead atoms. The van der Waals surface area contributed by atoms with Gasteiger partial charge in [0.15, 0.2) is 0 Å². The van der Waals surface area contributed by atoms with Crippen molar-refractivity contribution in [2.45, 2.75) is 38.8 Å². The average molecular weight is 250 g/mol. The molecule has 3 nitrogen and oxygen atoms in total. The van der Waals surface area contributed by atoms with Crippen molar-refractivity contribution in [2.24, 2.45) is 5.73 Å². The average Bonchev–Trinajstić information content (AvgIpc) is 2.28. The summed E-state index contributed by atoms with van der Waals surface area (Å²) in [6, 6.07) is 4.94. The minimum Gasteiger partial charge on any atom is -0.336 e. The van der Waals surface area contributed by atoms with Gasteiger partial charge in [0.05, 0.1) is 5.56 Å². The van der Waals surface area contributed by atoms with Crippen LogP contribution in [0.25, 0.3) is 0 Å². The lowest BCUT2D eigenvalue weighted by Crippen LogP contribution is -2.48. The van der Waals surface area contributed by atoms with Crippen molar-refractivity contribution in [2.75, 3.05) is 6.54 Å². The monoisotopic (exact) mass is 250 g/mol. The van der Waals surface area contributed by atoms with Crippen molar-refractivity contribution in [3.05, 3.63) is 35.1 Å².